The average molecular weight is 680 g/mol. The van der Waals surface area contributed by atoms with Crippen molar-refractivity contribution in [1.82, 2.24) is 15.1 Å². The van der Waals surface area contributed by atoms with Gasteiger partial charge in [-0.3, -0.25) is 14.6 Å². The minimum Gasteiger partial charge on any atom is -0.489 e. The highest BCUT2D eigenvalue weighted by Gasteiger charge is 2.24. The molecule has 9 heteroatoms. The lowest BCUT2D eigenvalue weighted by Crippen LogP contribution is -2.44. The molecule has 2 saturated heterocycles. The number of hydrogen-bond acceptors (Lipinski definition) is 4. The fourth-order valence-corrected chi connectivity index (χ4v) is 6.12. The second kappa shape index (κ2) is 13.6. The van der Waals surface area contributed by atoms with Gasteiger partial charge in [0.15, 0.2) is 11.6 Å². The Morgan fingerprint density at radius 1 is 0.850 bits per heavy atom. The van der Waals surface area contributed by atoms with Crippen LogP contribution in [0.25, 0.3) is 0 Å². The van der Waals surface area contributed by atoms with Crippen LogP contribution < -0.4 is 10.1 Å². The third kappa shape index (κ3) is 7.93. The van der Waals surface area contributed by atoms with E-state index < -0.39 is 11.6 Å². The fraction of sp³-hybridized carbons (Fsp3) is 0.387. The molecule has 0 saturated carbocycles. The van der Waals surface area contributed by atoms with Crippen LogP contribution in [0.3, 0.4) is 0 Å². The topological polar surface area (TPSA) is 44.8 Å². The lowest BCUT2D eigenvalue weighted by Gasteiger charge is -2.32. The number of hydrogen-bond donors (Lipinski definition) is 1. The molecule has 2 aliphatic rings. The van der Waals surface area contributed by atoms with Crippen LogP contribution in [-0.2, 0) is 13.1 Å². The molecule has 0 bridgehead atoms. The molecule has 3 aromatic carbocycles. The van der Waals surface area contributed by atoms with Gasteiger partial charge in [-0.15, -0.1) is 0 Å². The number of nitrogens with zero attached hydrogens (tertiary/aromatic N) is 2. The molecular weight excluding hydrogens is 647 g/mol. The third-order valence-electron chi connectivity index (χ3n) is 7.65. The summed E-state index contributed by atoms with van der Waals surface area (Å²) in [4.78, 5) is 17.6. The summed E-state index contributed by atoms with van der Waals surface area (Å²) >= 11 is 8.22. The maximum absolute atomic E-state index is 13.5. The second-order valence-electron chi connectivity index (χ2n) is 10.6. The summed E-state index contributed by atoms with van der Waals surface area (Å²) in [6.45, 7) is 5.00. The Balaban J connectivity index is 1.06. The Morgan fingerprint density at radius 3 is 2.12 bits per heavy atom. The van der Waals surface area contributed by atoms with E-state index in [9.17, 15) is 13.6 Å². The number of halogens is 4. The molecule has 5 rings (SSSR count). The molecule has 3 aromatic rings. The third-order valence-corrected chi connectivity index (χ3v) is 8.75. The van der Waals surface area contributed by atoms with Crippen LogP contribution >= 0.6 is 34.2 Å². The van der Waals surface area contributed by atoms with E-state index in [1.165, 1.54) is 17.7 Å². The first kappa shape index (κ1) is 29.2. The Morgan fingerprint density at radius 2 is 1.48 bits per heavy atom. The number of rotatable bonds is 8. The summed E-state index contributed by atoms with van der Waals surface area (Å²) in [6.07, 6.45) is 3.61. The van der Waals surface area contributed by atoms with Crippen molar-refractivity contribution in [2.45, 2.75) is 50.9 Å². The number of carbonyl (C=O) groups is 1. The largest absolute Gasteiger partial charge is 0.489 e. The van der Waals surface area contributed by atoms with Crippen LogP contribution in [0, 0.1) is 15.2 Å². The molecule has 212 valence electrons. The van der Waals surface area contributed by atoms with E-state index in [1.54, 1.807) is 6.07 Å². The van der Waals surface area contributed by atoms with Gasteiger partial charge in [0.05, 0.1) is 3.57 Å². The highest BCUT2D eigenvalue weighted by molar-refractivity contribution is 14.1. The van der Waals surface area contributed by atoms with Crippen LogP contribution in [0.2, 0.25) is 5.02 Å². The van der Waals surface area contributed by atoms with Crippen molar-refractivity contribution in [1.29, 1.82) is 0 Å². The van der Waals surface area contributed by atoms with Crippen molar-refractivity contribution in [3.63, 3.8) is 0 Å². The fourth-order valence-electron chi connectivity index (χ4n) is 5.35. The van der Waals surface area contributed by atoms with Crippen LogP contribution in [0.15, 0.2) is 60.7 Å². The molecule has 2 heterocycles. The first-order chi connectivity index (χ1) is 19.3. The predicted molar refractivity (Wildman–Crippen MR) is 162 cm³/mol. The summed E-state index contributed by atoms with van der Waals surface area (Å²) in [7, 11) is 0. The van der Waals surface area contributed by atoms with E-state index in [0.29, 0.717) is 12.1 Å². The quantitative estimate of drug-likeness (QED) is 0.271. The van der Waals surface area contributed by atoms with Crippen LogP contribution in [0.4, 0.5) is 8.78 Å². The van der Waals surface area contributed by atoms with Crippen LogP contribution in [-0.4, -0.2) is 54.0 Å². The maximum Gasteiger partial charge on any atom is 0.251 e. The van der Waals surface area contributed by atoms with Gasteiger partial charge in [0, 0.05) is 55.9 Å². The zero-order valence-electron chi connectivity index (χ0n) is 22.2. The molecule has 2 fully saturated rings. The van der Waals surface area contributed by atoms with E-state index in [1.807, 2.05) is 30.3 Å². The summed E-state index contributed by atoms with van der Waals surface area (Å²) in [6, 6.07) is 17.8. The summed E-state index contributed by atoms with van der Waals surface area (Å²) in [5, 5.41) is 3.96. The summed E-state index contributed by atoms with van der Waals surface area (Å²) in [5.41, 5.74) is 2.66. The van der Waals surface area contributed by atoms with Gasteiger partial charge >= 0.3 is 0 Å². The van der Waals surface area contributed by atoms with E-state index in [2.05, 4.69) is 49.8 Å². The van der Waals surface area contributed by atoms with E-state index in [0.717, 1.165) is 78.3 Å². The van der Waals surface area contributed by atoms with E-state index >= 15 is 0 Å². The molecule has 1 N–H and O–H groups in total. The van der Waals surface area contributed by atoms with E-state index in [4.69, 9.17) is 16.3 Å². The number of piperidine rings is 2. The normalized spacial score (nSPS) is 17.6. The molecule has 5 nitrogen and oxygen atoms in total. The van der Waals surface area contributed by atoms with Gasteiger partial charge in [0.1, 0.15) is 11.9 Å². The standard InChI is InChI=1S/C31H33ClF2IN3O2/c32-24-5-1-21(2-6-24)19-37-13-9-25(10-14-37)36-31(39)23-4-8-30(29(35)18-23)40-26-11-15-38(16-12-26)20-22-3-7-27(33)28(34)17-22/h1-8,17-18,25-26H,9-16,19-20H2,(H,36,39). The number of likely N-dealkylation sites (tertiary alicyclic amines) is 2. The monoisotopic (exact) mass is 679 g/mol. The molecule has 0 radical (unpaired) electrons. The van der Waals surface area contributed by atoms with Crippen LogP contribution in [0.1, 0.15) is 47.2 Å². The van der Waals surface area contributed by atoms with Gasteiger partial charge < -0.3 is 10.1 Å². The lowest BCUT2D eigenvalue weighted by atomic mass is 10.0. The minimum atomic E-state index is -0.819. The molecular formula is C31H33ClF2IN3O2. The Labute approximate surface area is 253 Å². The van der Waals surface area contributed by atoms with Crippen LogP contribution in [0.5, 0.6) is 5.75 Å². The summed E-state index contributed by atoms with van der Waals surface area (Å²) in [5.74, 6) is -0.892. The van der Waals surface area contributed by atoms with Crippen molar-refractivity contribution in [2.75, 3.05) is 26.2 Å². The zero-order chi connectivity index (χ0) is 28.1. The highest BCUT2D eigenvalue weighted by atomic mass is 127. The molecule has 0 aromatic heterocycles. The molecule has 2 aliphatic heterocycles. The lowest BCUT2D eigenvalue weighted by molar-refractivity contribution is 0.0907. The number of carbonyl (C=O) groups excluding carboxylic acids is 1. The average Bonchev–Trinajstić information content (AvgIpc) is 2.95. The summed E-state index contributed by atoms with van der Waals surface area (Å²) < 4.78 is 33.9. The maximum atomic E-state index is 13.5. The van der Waals surface area contributed by atoms with Crippen molar-refractivity contribution in [2.24, 2.45) is 0 Å². The van der Waals surface area contributed by atoms with Crippen molar-refractivity contribution in [3.05, 3.63) is 97.6 Å². The van der Waals surface area contributed by atoms with Gasteiger partial charge in [-0.2, -0.15) is 0 Å². The van der Waals surface area contributed by atoms with Gasteiger partial charge in [-0.1, -0.05) is 29.8 Å². The second-order valence-corrected chi connectivity index (χ2v) is 12.2. The molecule has 0 aliphatic carbocycles. The first-order valence-corrected chi connectivity index (χ1v) is 15.2. The molecule has 0 unspecified atom stereocenters. The van der Waals surface area contributed by atoms with Crippen molar-refractivity contribution >= 4 is 40.1 Å². The van der Waals surface area contributed by atoms with E-state index in [-0.39, 0.29) is 18.1 Å². The Bertz CT molecular complexity index is 1310. The number of ether oxygens (including phenoxy) is 1. The molecule has 40 heavy (non-hydrogen) atoms. The number of benzene rings is 3. The van der Waals surface area contributed by atoms with Gasteiger partial charge in [0.25, 0.3) is 5.91 Å². The molecule has 0 atom stereocenters. The Hall–Kier alpha value is -2.27. The zero-order valence-corrected chi connectivity index (χ0v) is 25.1. The van der Waals surface area contributed by atoms with Crippen molar-refractivity contribution in [3.8, 4) is 5.75 Å². The molecule has 1 amide bonds. The van der Waals surface area contributed by atoms with Gasteiger partial charge in [0.2, 0.25) is 0 Å². The number of nitrogens with one attached hydrogen (secondary N) is 1. The van der Waals surface area contributed by atoms with Gasteiger partial charge in [-0.25, -0.2) is 8.78 Å². The SMILES string of the molecule is O=C(NC1CCN(Cc2ccc(Cl)cc2)CC1)c1ccc(OC2CCN(Cc3ccc(F)c(F)c3)CC2)c(I)c1. The van der Waals surface area contributed by atoms with Crippen molar-refractivity contribution < 1.29 is 18.3 Å². The first-order valence-electron chi connectivity index (χ1n) is 13.7. The predicted octanol–water partition coefficient (Wildman–Crippen LogP) is 6.66. The molecule has 0 spiro atoms. The number of amides is 1. The Kier molecular flexibility index (Phi) is 9.93. The minimum absolute atomic E-state index is 0.0499. The van der Waals surface area contributed by atoms with Gasteiger partial charge in [-0.05, 0) is 102 Å². The highest BCUT2D eigenvalue weighted by Crippen LogP contribution is 2.27. The smallest absolute Gasteiger partial charge is 0.251 e.